The molecule has 1 aliphatic heterocycles. The van der Waals surface area contributed by atoms with E-state index in [0.717, 1.165) is 13.0 Å². The van der Waals surface area contributed by atoms with Gasteiger partial charge < -0.3 is 15.8 Å². The molecule has 1 saturated heterocycles. The number of nitrogens with one attached hydrogen (secondary N) is 1. The van der Waals surface area contributed by atoms with Gasteiger partial charge in [0.25, 0.3) is 0 Å². The molecule has 16 heavy (non-hydrogen) atoms. The molecule has 0 aromatic carbocycles. The van der Waals surface area contributed by atoms with Crippen molar-refractivity contribution in [2.45, 2.75) is 64.1 Å². The summed E-state index contributed by atoms with van der Waals surface area (Å²) in [6.45, 7) is 8.40. The van der Waals surface area contributed by atoms with Crippen LogP contribution in [0.2, 0.25) is 0 Å². The van der Waals surface area contributed by atoms with E-state index in [2.05, 4.69) is 26.1 Å². The molecule has 0 spiro atoms. The van der Waals surface area contributed by atoms with E-state index in [9.17, 15) is 0 Å². The zero-order valence-corrected chi connectivity index (χ0v) is 10.9. The fraction of sp³-hybridized carbons (Fsp3) is 1.00. The van der Waals surface area contributed by atoms with Gasteiger partial charge in [0.1, 0.15) is 0 Å². The van der Waals surface area contributed by atoms with Crippen LogP contribution in [0.3, 0.4) is 0 Å². The van der Waals surface area contributed by atoms with Gasteiger partial charge in [0, 0.05) is 19.2 Å². The van der Waals surface area contributed by atoms with Crippen LogP contribution in [-0.2, 0) is 4.74 Å². The van der Waals surface area contributed by atoms with E-state index in [1.807, 2.05) is 0 Å². The minimum Gasteiger partial charge on any atom is -0.376 e. The van der Waals surface area contributed by atoms with Crippen LogP contribution in [0.4, 0.5) is 0 Å². The van der Waals surface area contributed by atoms with Gasteiger partial charge in [-0.25, -0.2) is 0 Å². The highest BCUT2D eigenvalue weighted by molar-refractivity contribution is 5.02. The Kier molecular flexibility index (Phi) is 3.30. The highest BCUT2D eigenvalue weighted by atomic mass is 16.5. The molecular formula is C13H26N2O. The molecule has 0 bridgehead atoms. The summed E-state index contributed by atoms with van der Waals surface area (Å²) in [5, 5.41) is 3.80. The first kappa shape index (κ1) is 12.3. The summed E-state index contributed by atoms with van der Waals surface area (Å²) in [5.41, 5.74) is 6.49. The van der Waals surface area contributed by atoms with Crippen molar-refractivity contribution in [2.24, 2.45) is 11.1 Å². The van der Waals surface area contributed by atoms with Gasteiger partial charge in [0.15, 0.2) is 0 Å². The Bertz CT molecular complexity index is 254. The van der Waals surface area contributed by atoms with Gasteiger partial charge in [-0.1, -0.05) is 13.8 Å². The van der Waals surface area contributed by atoms with Gasteiger partial charge in [-0.3, -0.25) is 0 Å². The van der Waals surface area contributed by atoms with E-state index >= 15 is 0 Å². The van der Waals surface area contributed by atoms with Crippen LogP contribution < -0.4 is 11.1 Å². The SMILES string of the molecule is CC1OCCC1(CN)NC1CCC(C)(C)C1. The lowest BCUT2D eigenvalue weighted by Gasteiger charge is -2.35. The average Bonchev–Trinajstić information content (AvgIpc) is 2.72. The lowest BCUT2D eigenvalue weighted by Crippen LogP contribution is -2.58. The van der Waals surface area contributed by atoms with Crippen molar-refractivity contribution < 1.29 is 4.74 Å². The summed E-state index contributed by atoms with van der Waals surface area (Å²) in [4.78, 5) is 0. The number of hydrogen-bond donors (Lipinski definition) is 2. The van der Waals surface area contributed by atoms with Crippen molar-refractivity contribution in [2.75, 3.05) is 13.2 Å². The Morgan fingerprint density at radius 2 is 2.12 bits per heavy atom. The maximum atomic E-state index is 5.96. The van der Waals surface area contributed by atoms with Gasteiger partial charge in [-0.15, -0.1) is 0 Å². The third kappa shape index (κ3) is 2.27. The van der Waals surface area contributed by atoms with Crippen molar-refractivity contribution >= 4 is 0 Å². The molecule has 1 aliphatic carbocycles. The van der Waals surface area contributed by atoms with E-state index in [-0.39, 0.29) is 11.6 Å². The predicted octanol–water partition coefficient (Wildman–Crippen LogP) is 1.66. The topological polar surface area (TPSA) is 47.3 Å². The van der Waals surface area contributed by atoms with Crippen LogP contribution in [-0.4, -0.2) is 30.8 Å². The van der Waals surface area contributed by atoms with Gasteiger partial charge >= 0.3 is 0 Å². The summed E-state index contributed by atoms with van der Waals surface area (Å²) >= 11 is 0. The zero-order valence-electron chi connectivity index (χ0n) is 10.9. The molecule has 0 amide bonds. The van der Waals surface area contributed by atoms with Crippen molar-refractivity contribution in [3.63, 3.8) is 0 Å². The molecule has 1 heterocycles. The molecule has 3 nitrogen and oxygen atoms in total. The molecule has 2 aliphatic rings. The first-order valence-corrected chi connectivity index (χ1v) is 6.57. The molecule has 3 unspecified atom stereocenters. The van der Waals surface area contributed by atoms with E-state index in [0.29, 0.717) is 18.0 Å². The first-order valence-electron chi connectivity index (χ1n) is 6.57. The summed E-state index contributed by atoms with van der Waals surface area (Å²) in [6.07, 6.45) is 5.17. The Balaban J connectivity index is 1.98. The summed E-state index contributed by atoms with van der Waals surface area (Å²) in [7, 11) is 0. The van der Waals surface area contributed by atoms with Gasteiger partial charge in [0.05, 0.1) is 11.6 Å². The Labute approximate surface area is 99.1 Å². The van der Waals surface area contributed by atoms with Crippen LogP contribution in [0, 0.1) is 5.41 Å². The molecule has 3 atom stereocenters. The second-order valence-corrected chi connectivity index (χ2v) is 6.37. The minimum atomic E-state index is 0.0328. The third-order valence-electron chi connectivity index (χ3n) is 4.52. The van der Waals surface area contributed by atoms with E-state index in [4.69, 9.17) is 10.5 Å². The van der Waals surface area contributed by atoms with E-state index in [1.54, 1.807) is 0 Å². The molecule has 0 aromatic rings. The molecule has 3 N–H and O–H groups in total. The Morgan fingerprint density at radius 1 is 1.38 bits per heavy atom. The molecule has 2 rings (SSSR count). The molecule has 0 aromatic heterocycles. The van der Waals surface area contributed by atoms with Crippen molar-refractivity contribution in [1.82, 2.24) is 5.32 Å². The molecule has 3 heteroatoms. The maximum Gasteiger partial charge on any atom is 0.0741 e. The Morgan fingerprint density at radius 3 is 2.56 bits per heavy atom. The van der Waals surface area contributed by atoms with Crippen LogP contribution in [0.25, 0.3) is 0 Å². The second-order valence-electron chi connectivity index (χ2n) is 6.37. The highest BCUT2D eigenvalue weighted by Gasteiger charge is 2.43. The fourth-order valence-corrected chi connectivity index (χ4v) is 3.26. The van der Waals surface area contributed by atoms with Gasteiger partial charge in [0.2, 0.25) is 0 Å². The van der Waals surface area contributed by atoms with Gasteiger partial charge in [-0.05, 0) is 38.0 Å². The predicted molar refractivity (Wildman–Crippen MR) is 66.4 cm³/mol. The fourth-order valence-electron chi connectivity index (χ4n) is 3.26. The number of rotatable bonds is 3. The Hall–Kier alpha value is -0.120. The number of ether oxygens (including phenoxy) is 1. The molecule has 0 radical (unpaired) electrons. The summed E-state index contributed by atoms with van der Waals surface area (Å²) in [6, 6.07) is 0.628. The van der Waals surface area contributed by atoms with Crippen LogP contribution in [0.5, 0.6) is 0 Å². The zero-order chi connectivity index (χ0) is 11.8. The second kappa shape index (κ2) is 4.28. The molecule has 1 saturated carbocycles. The number of hydrogen-bond acceptors (Lipinski definition) is 3. The monoisotopic (exact) mass is 226 g/mol. The normalized spacial score (nSPS) is 42.8. The lowest BCUT2D eigenvalue weighted by atomic mass is 9.89. The maximum absolute atomic E-state index is 5.96. The minimum absolute atomic E-state index is 0.0328. The summed E-state index contributed by atoms with van der Waals surface area (Å²) in [5.74, 6) is 0. The molecule has 94 valence electrons. The highest BCUT2D eigenvalue weighted by Crippen LogP contribution is 2.38. The smallest absolute Gasteiger partial charge is 0.0741 e. The van der Waals surface area contributed by atoms with E-state index < -0.39 is 0 Å². The lowest BCUT2D eigenvalue weighted by molar-refractivity contribution is 0.0801. The third-order valence-corrected chi connectivity index (χ3v) is 4.52. The van der Waals surface area contributed by atoms with Crippen molar-refractivity contribution in [3.8, 4) is 0 Å². The van der Waals surface area contributed by atoms with Crippen LogP contribution >= 0.6 is 0 Å². The van der Waals surface area contributed by atoms with Gasteiger partial charge in [-0.2, -0.15) is 0 Å². The number of nitrogens with two attached hydrogens (primary N) is 1. The average molecular weight is 226 g/mol. The molecule has 2 fully saturated rings. The standard InChI is InChI=1S/C13H26N2O/c1-10-13(9-14,6-7-16-10)15-11-4-5-12(2,3)8-11/h10-11,15H,4-9,14H2,1-3H3. The van der Waals surface area contributed by atoms with Crippen molar-refractivity contribution in [3.05, 3.63) is 0 Å². The van der Waals surface area contributed by atoms with Crippen molar-refractivity contribution in [1.29, 1.82) is 0 Å². The summed E-state index contributed by atoms with van der Waals surface area (Å²) < 4.78 is 5.68. The van der Waals surface area contributed by atoms with Crippen LogP contribution in [0.1, 0.15) is 46.5 Å². The van der Waals surface area contributed by atoms with E-state index in [1.165, 1.54) is 19.3 Å². The largest absolute Gasteiger partial charge is 0.376 e. The quantitative estimate of drug-likeness (QED) is 0.769. The van der Waals surface area contributed by atoms with Crippen LogP contribution in [0.15, 0.2) is 0 Å². The molecular weight excluding hydrogens is 200 g/mol. The first-order chi connectivity index (χ1) is 7.47.